The van der Waals surface area contributed by atoms with Crippen LogP contribution in [-0.2, 0) is 9.36 Å². The molecule has 1 fully saturated rings. The minimum atomic E-state index is -4.22. The van der Waals surface area contributed by atoms with Crippen molar-refractivity contribution in [2.75, 3.05) is 6.16 Å². The van der Waals surface area contributed by atoms with Crippen LogP contribution in [0.2, 0.25) is 0 Å². The fourth-order valence-corrected chi connectivity index (χ4v) is 3.13. The van der Waals surface area contributed by atoms with Gasteiger partial charge in [0.1, 0.15) is 0 Å². The molecule has 0 aromatic heterocycles. The Labute approximate surface area is 75.9 Å². The fourth-order valence-electron chi connectivity index (χ4n) is 1.89. The van der Waals surface area contributed by atoms with E-state index < -0.39 is 25.1 Å². The summed E-state index contributed by atoms with van der Waals surface area (Å²) >= 11 is 0. The van der Waals surface area contributed by atoms with Crippen molar-refractivity contribution < 1.29 is 24.3 Å². The number of rotatable bonds is 3. The van der Waals surface area contributed by atoms with Gasteiger partial charge in [0.25, 0.3) is 0 Å². The van der Waals surface area contributed by atoms with Gasteiger partial charge in [-0.25, -0.2) is 0 Å². The average Bonchev–Trinajstić information content (AvgIpc) is 2.33. The monoisotopic (exact) mass is 208 g/mol. The third-order valence-corrected chi connectivity index (χ3v) is 3.54. The SMILES string of the molecule is O=C(O)C1(CP(=O)(O)O)CCCC1. The Hall–Kier alpha value is -0.380. The summed E-state index contributed by atoms with van der Waals surface area (Å²) in [6.07, 6.45) is 1.73. The summed E-state index contributed by atoms with van der Waals surface area (Å²) in [7, 11) is -4.22. The second kappa shape index (κ2) is 3.40. The van der Waals surface area contributed by atoms with Crippen molar-refractivity contribution in [1.29, 1.82) is 0 Å². The van der Waals surface area contributed by atoms with Crippen molar-refractivity contribution in [3.8, 4) is 0 Å². The first-order valence-electron chi connectivity index (χ1n) is 4.14. The normalized spacial score (nSPS) is 21.7. The summed E-state index contributed by atoms with van der Waals surface area (Å²) in [5.74, 6) is -1.08. The van der Waals surface area contributed by atoms with Crippen LogP contribution < -0.4 is 0 Å². The van der Waals surface area contributed by atoms with Crippen molar-refractivity contribution in [3.05, 3.63) is 0 Å². The molecule has 0 bridgehead atoms. The van der Waals surface area contributed by atoms with E-state index in [-0.39, 0.29) is 0 Å². The predicted molar refractivity (Wildman–Crippen MR) is 45.4 cm³/mol. The maximum atomic E-state index is 10.9. The number of hydrogen-bond donors (Lipinski definition) is 3. The zero-order chi connectivity index (χ0) is 10.1. The molecule has 0 spiro atoms. The second-order valence-electron chi connectivity index (χ2n) is 3.62. The first-order valence-corrected chi connectivity index (χ1v) is 5.93. The summed E-state index contributed by atoms with van der Waals surface area (Å²) < 4.78 is 10.7. The molecule has 0 aromatic rings. The van der Waals surface area contributed by atoms with Gasteiger partial charge in [-0.05, 0) is 12.8 Å². The Bertz CT molecular complexity index is 250. The molecule has 0 saturated heterocycles. The molecular weight excluding hydrogens is 195 g/mol. The standard InChI is InChI=1S/C7H13O5P/c8-6(9)7(3-1-2-4-7)5-13(10,11)12/h1-5H2,(H,8,9)(H2,10,11,12). The number of carbonyl (C=O) groups is 1. The van der Waals surface area contributed by atoms with Crippen molar-refractivity contribution in [1.82, 2.24) is 0 Å². The van der Waals surface area contributed by atoms with Crippen molar-refractivity contribution >= 4 is 13.6 Å². The lowest BCUT2D eigenvalue weighted by Gasteiger charge is -2.23. The average molecular weight is 208 g/mol. The van der Waals surface area contributed by atoms with E-state index in [1.165, 1.54) is 0 Å². The van der Waals surface area contributed by atoms with E-state index in [2.05, 4.69) is 0 Å². The summed E-state index contributed by atoms with van der Waals surface area (Å²) in [5.41, 5.74) is -1.17. The van der Waals surface area contributed by atoms with Gasteiger partial charge in [0.2, 0.25) is 0 Å². The molecule has 0 aromatic carbocycles. The molecule has 0 heterocycles. The van der Waals surface area contributed by atoms with Gasteiger partial charge in [0.15, 0.2) is 0 Å². The van der Waals surface area contributed by atoms with Crippen molar-refractivity contribution in [2.24, 2.45) is 5.41 Å². The molecule has 0 radical (unpaired) electrons. The highest BCUT2D eigenvalue weighted by Gasteiger charge is 2.45. The third kappa shape index (κ3) is 2.53. The fraction of sp³-hybridized carbons (Fsp3) is 0.857. The molecule has 1 aliphatic carbocycles. The Kier molecular flexibility index (Phi) is 2.80. The zero-order valence-electron chi connectivity index (χ0n) is 7.14. The maximum Gasteiger partial charge on any atom is 0.326 e. The minimum absolute atomic E-state index is 0.382. The van der Waals surface area contributed by atoms with E-state index >= 15 is 0 Å². The molecule has 76 valence electrons. The first-order chi connectivity index (χ1) is 5.86. The Balaban J connectivity index is 2.80. The molecule has 1 saturated carbocycles. The van der Waals surface area contributed by atoms with Crippen LogP contribution in [0, 0.1) is 5.41 Å². The summed E-state index contributed by atoms with van der Waals surface area (Å²) in [5, 5.41) is 8.88. The highest BCUT2D eigenvalue weighted by Crippen LogP contribution is 2.49. The lowest BCUT2D eigenvalue weighted by molar-refractivity contribution is -0.147. The number of carboxylic acids is 1. The number of hydrogen-bond acceptors (Lipinski definition) is 2. The van der Waals surface area contributed by atoms with E-state index in [1.807, 2.05) is 0 Å². The van der Waals surface area contributed by atoms with Gasteiger partial charge in [0, 0.05) is 0 Å². The first kappa shape index (κ1) is 10.7. The van der Waals surface area contributed by atoms with Gasteiger partial charge in [-0.15, -0.1) is 0 Å². The molecule has 1 aliphatic rings. The van der Waals surface area contributed by atoms with Crippen LogP contribution >= 0.6 is 7.60 Å². The van der Waals surface area contributed by atoms with Crippen LogP contribution in [0.1, 0.15) is 25.7 Å². The molecule has 3 N–H and O–H groups in total. The van der Waals surface area contributed by atoms with Gasteiger partial charge in [0.05, 0.1) is 11.6 Å². The molecule has 13 heavy (non-hydrogen) atoms. The molecule has 0 aliphatic heterocycles. The van der Waals surface area contributed by atoms with E-state index in [4.69, 9.17) is 14.9 Å². The topological polar surface area (TPSA) is 94.8 Å². The highest BCUT2D eigenvalue weighted by atomic mass is 31.2. The lowest BCUT2D eigenvalue weighted by Crippen LogP contribution is -2.31. The highest BCUT2D eigenvalue weighted by molar-refractivity contribution is 7.51. The minimum Gasteiger partial charge on any atom is -0.481 e. The summed E-state index contributed by atoms with van der Waals surface area (Å²) in [4.78, 5) is 28.3. The maximum absolute atomic E-state index is 10.9. The van der Waals surface area contributed by atoms with E-state index in [0.29, 0.717) is 12.8 Å². The van der Waals surface area contributed by atoms with E-state index in [1.54, 1.807) is 0 Å². The second-order valence-corrected chi connectivity index (χ2v) is 5.26. The Morgan fingerprint density at radius 1 is 1.31 bits per heavy atom. The zero-order valence-corrected chi connectivity index (χ0v) is 8.04. The molecule has 0 atom stereocenters. The van der Waals surface area contributed by atoms with Gasteiger partial charge in [-0.3, -0.25) is 9.36 Å². The Morgan fingerprint density at radius 3 is 2.08 bits per heavy atom. The number of aliphatic carboxylic acids is 1. The van der Waals surface area contributed by atoms with Crippen LogP contribution in [0.15, 0.2) is 0 Å². The smallest absolute Gasteiger partial charge is 0.326 e. The van der Waals surface area contributed by atoms with Crippen LogP contribution in [0.3, 0.4) is 0 Å². The predicted octanol–water partition coefficient (Wildman–Crippen LogP) is 0.809. The third-order valence-electron chi connectivity index (χ3n) is 2.52. The van der Waals surface area contributed by atoms with Gasteiger partial charge in [-0.2, -0.15) is 0 Å². The van der Waals surface area contributed by atoms with Crippen LogP contribution in [0.4, 0.5) is 0 Å². The molecule has 0 unspecified atom stereocenters. The van der Waals surface area contributed by atoms with Crippen LogP contribution in [-0.4, -0.2) is 27.0 Å². The van der Waals surface area contributed by atoms with Crippen molar-refractivity contribution in [3.63, 3.8) is 0 Å². The Morgan fingerprint density at radius 2 is 1.77 bits per heavy atom. The van der Waals surface area contributed by atoms with Gasteiger partial charge in [-0.1, -0.05) is 12.8 Å². The molecule has 5 nitrogen and oxygen atoms in total. The summed E-state index contributed by atoms with van der Waals surface area (Å²) in [6.45, 7) is 0. The van der Waals surface area contributed by atoms with E-state index in [9.17, 15) is 9.36 Å². The molecule has 6 heteroatoms. The van der Waals surface area contributed by atoms with Gasteiger partial charge >= 0.3 is 13.6 Å². The molecule has 1 rings (SSSR count). The molecule has 0 amide bonds. The van der Waals surface area contributed by atoms with Crippen LogP contribution in [0.5, 0.6) is 0 Å². The van der Waals surface area contributed by atoms with Crippen molar-refractivity contribution in [2.45, 2.75) is 25.7 Å². The largest absolute Gasteiger partial charge is 0.481 e. The van der Waals surface area contributed by atoms with Crippen LogP contribution in [0.25, 0.3) is 0 Å². The molecular formula is C7H13O5P. The van der Waals surface area contributed by atoms with Gasteiger partial charge < -0.3 is 14.9 Å². The number of carboxylic acid groups (broad SMARTS) is 1. The summed E-state index contributed by atoms with van der Waals surface area (Å²) in [6, 6.07) is 0. The quantitative estimate of drug-likeness (QED) is 0.596. The lowest BCUT2D eigenvalue weighted by atomic mass is 9.89. The van der Waals surface area contributed by atoms with E-state index in [0.717, 1.165) is 12.8 Å².